The first-order valence-electron chi connectivity index (χ1n) is 6.31. The third-order valence-electron chi connectivity index (χ3n) is 2.90. The molecule has 1 N–H and O–H groups in total. The van der Waals surface area contributed by atoms with Crippen LogP contribution in [-0.4, -0.2) is 13.0 Å². The molecule has 0 heterocycles. The van der Waals surface area contributed by atoms with E-state index in [1.54, 1.807) is 19.2 Å². The zero-order valence-corrected chi connectivity index (χ0v) is 11.2. The van der Waals surface area contributed by atoms with Gasteiger partial charge in [0.05, 0.1) is 13.5 Å². The van der Waals surface area contributed by atoms with E-state index in [0.29, 0.717) is 13.0 Å². The van der Waals surface area contributed by atoms with Crippen LogP contribution in [0.4, 0.5) is 4.39 Å². The van der Waals surface area contributed by atoms with Crippen LogP contribution in [0.25, 0.3) is 0 Å². The molecule has 0 saturated heterocycles. The van der Waals surface area contributed by atoms with Crippen molar-refractivity contribution in [1.29, 1.82) is 0 Å². The quantitative estimate of drug-likeness (QED) is 0.909. The minimum atomic E-state index is -0.281. The van der Waals surface area contributed by atoms with E-state index in [0.717, 1.165) is 16.9 Å². The highest BCUT2D eigenvalue weighted by molar-refractivity contribution is 5.78. The zero-order valence-electron chi connectivity index (χ0n) is 11.2. The molecule has 0 unspecified atom stereocenters. The highest BCUT2D eigenvalue weighted by Crippen LogP contribution is 2.13. The lowest BCUT2D eigenvalue weighted by molar-refractivity contribution is -0.120. The molecule has 3 nitrogen and oxygen atoms in total. The average Bonchev–Trinajstić information content (AvgIpc) is 2.47. The summed E-state index contributed by atoms with van der Waals surface area (Å²) in [5.41, 5.74) is 1.76. The number of ether oxygens (including phenoxy) is 1. The first kappa shape index (κ1) is 14.1. The SMILES string of the molecule is COc1cccc(CC(=O)NCc2ccc(F)cc2)c1. The predicted molar refractivity (Wildman–Crippen MR) is 74.9 cm³/mol. The Morgan fingerprint density at radius 2 is 1.90 bits per heavy atom. The normalized spacial score (nSPS) is 10.1. The highest BCUT2D eigenvalue weighted by Gasteiger charge is 2.04. The topological polar surface area (TPSA) is 38.3 Å². The monoisotopic (exact) mass is 273 g/mol. The maximum atomic E-state index is 12.7. The number of halogens is 1. The van der Waals surface area contributed by atoms with Crippen molar-refractivity contribution in [3.05, 3.63) is 65.5 Å². The molecule has 2 aromatic rings. The molecule has 0 bridgehead atoms. The van der Waals surface area contributed by atoms with E-state index in [4.69, 9.17) is 4.74 Å². The summed E-state index contributed by atoms with van der Waals surface area (Å²) in [5, 5.41) is 2.80. The third kappa shape index (κ3) is 4.09. The van der Waals surface area contributed by atoms with Crippen molar-refractivity contribution < 1.29 is 13.9 Å². The van der Waals surface area contributed by atoms with Gasteiger partial charge in [-0.1, -0.05) is 24.3 Å². The lowest BCUT2D eigenvalue weighted by atomic mass is 10.1. The maximum absolute atomic E-state index is 12.7. The Bertz CT molecular complexity index is 581. The van der Waals surface area contributed by atoms with Gasteiger partial charge in [-0.05, 0) is 35.4 Å². The standard InChI is InChI=1S/C16H16FNO2/c1-20-15-4-2-3-13(9-15)10-16(19)18-11-12-5-7-14(17)8-6-12/h2-9H,10-11H2,1H3,(H,18,19). The minimum absolute atomic E-state index is 0.0809. The van der Waals surface area contributed by atoms with Gasteiger partial charge in [-0.25, -0.2) is 4.39 Å². The third-order valence-corrected chi connectivity index (χ3v) is 2.90. The van der Waals surface area contributed by atoms with Gasteiger partial charge < -0.3 is 10.1 Å². The van der Waals surface area contributed by atoms with Gasteiger partial charge in [-0.15, -0.1) is 0 Å². The molecule has 2 rings (SSSR count). The molecule has 0 fully saturated rings. The van der Waals surface area contributed by atoms with Crippen LogP contribution in [0.15, 0.2) is 48.5 Å². The molecular formula is C16H16FNO2. The number of amides is 1. The van der Waals surface area contributed by atoms with Crippen molar-refractivity contribution in [2.45, 2.75) is 13.0 Å². The van der Waals surface area contributed by atoms with E-state index in [-0.39, 0.29) is 11.7 Å². The van der Waals surface area contributed by atoms with E-state index < -0.39 is 0 Å². The van der Waals surface area contributed by atoms with Gasteiger partial charge in [0, 0.05) is 6.54 Å². The number of nitrogens with one attached hydrogen (secondary N) is 1. The van der Waals surface area contributed by atoms with Gasteiger partial charge in [0.1, 0.15) is 11.6 Å². The van der Waals surface area contributed by atoms with Crippen LogP contribution < -0.4 is 10.1 Å². The van der Waals surface area contributed by atoms with E-state index in [1.807, 2.05) is 24.3 Å². The van der Waals surface area contributed by atoms with Crippen LogP contribution in [0.3, 0.4) is 0 Å². The summed E-state index contributed by atoms with van der Waals surface area (Å²) in [6.45, 7) is 0.392. The van der Waals surface area contributed by atoms with Crippen molar-refractivity contribution in [3.8, 4) is 5.75 Å². The number of hydrogen-bond donors (Lipinski definition) is 1. The summed E-state index contributed by atoms with van der Waals surface area (Å²) < 4.78 is 17.9. The van der Waals surface area contributed by atoms with Crippen LogP contribution >= 0.6 is 0 Å². The summed E-state index contributed by atoms with van der Waals surface area (Å²) in [5.74, 6) is 0.368. The first-order valence-corrected chi connectivity index (χ1v) is 6.31. The Labute approximate surface area is 117 Å². The molecule has 0 aliphatic heterocycles. The molecule has 0 aromatic heterocycles. The largest absolute Gasteiger partial charge is 0.497 e. The van der Waals surface area contributed by atoms with Gasteiger partial charge >= 0.3 is 0 Å². The highest BCUT2D eigenvalue weighted by atomic mass is 19.1. The summed E-state index contributed by atoms with van der Waals surface area (Å²) in [4.78, 5) is 11.8. The van der Waals surface area contributed by atoms with E-state index >= 15 is 0 Å². The Kier molecular flexibility index (Phi) is 4.71. The number of benzene rings is 2. The maximum Gasteiger partial charge on any atom is 0.224 e. The summed E-state index contributed by atoms with van der Waals surface area (Å²) in [6.07, 6.45) is 0.290. The van der Waals surface area contributed by atoms with Crippen molar-refractivity contribution in [2.75, 3.05) is 7.11 Å². The van der Waals surface area contributed by atoms with Gasteiger partial charge in [-0.3, -0.25) is 4.79 Å². The van der Waals surface area contributed by atoms with Crippen LogP contribution in [0, 0.1) is 5.82 Å². The van der Waals surface area contributed by atoms with Crippen LogP contribution in [-0.2, 0) is 17.8 Å². The number of carbonyl (C=O) groups is 1. The van der Waals surface area contributed by atoms with Gasteiger partial charge in [0.25, 0.3) is 0 Å². The lowest BCUT2D eigenvalue weighted by Gasteiger charge is -2.07. The molecule has 1 amide bonds. The van der Waals surface area contributed by atoms with Gasteiger partial charge in [0.2, 0.25) is 5.91 Å². The summed E-state index contributed by atoms with van der Waals surface area (Å²) in [7, 11) is 1.59. The fraction of sp³-hybridized carbons (Fsp3) is 0.188. The molecule has 104 valence electrons. The Morgan fingerprint density at radius 1 is 1.15 bits per heavy atom. The van der Waals surface area contributed by atoms with Gasteiger partial charge in [-0.2, -0.15) is 0 Å². The van der Waals surface area contributed by atoms with Crippen molar-refractivity contribution >= 4 is 5.91 Å². The number of rotatable bonds is 5. The van der Waals surface area contributed by atoms with E-state index in [1.165, 1.54) is 12.1 Å². The van der Waals surface area contributed by atoms with Crippen molar-refractivity contribution in [2.24, 2.45) is 0 Å². The number of carbonyl (C=O) groups excluding carboxylic acids is 1. The molecule has 4 heteroatoms. The van der Waals surface area contributed by atoms with E-state index in [9.17, 15) is 9.18 Å². The predicted octanol–water partition coefficient (Wildman–Crippen LogP) is 2.69. The molecule has 0 atom stereocenters. The Balaban J connectivity index is 1.87. The molecule has 20 heavy (non-hydrogen) atoms. The second-order valence-corrected chi connectivity index (χ2v) is 4.43. The van der Waals surface area contributed by atoms with Crippen molar-refractivity contribution in [1.82, 2.24) is 5.32 Å². The average molecular weight is 273 g/mol. The minimum Gasteiger partial charge on any atom is -0.497 e. The molecular weight excluding hydrogens is 257 g/mol. The number of methoxy groups -OCH3 is 1. The molecule has 0 radical (unpaired) electrons. The molecule has 0 aliphatic rings. The van der Waals surface area contributed by atoms with Gasteiger partial charge in [0.15, 0.2) is 0 Å². The fourth-order valence-corrected chi connectivity index (χ4v) is 1.83. The zero-order chi connectivity index (χ0) is 14.4. The second-order valence-electron chi connectivity index (χ2n) is 4.43. The summed E-state index contributed by atoms with van der Waals surface area (Å²) in [6, 6.07) is 13.5. The Hall–Kier alpha value is -2.36. The fourth-order valence-electron chi connectivity index (χ4n) is 1.83. The first-order chi connectivity index (χ1) is 9.67. The van der Waals surface area contributed by atoms with Crippen LogP contribution in [0.1, 0.15) is 11.1 Å². The van der Waals surface area contributed by atoms with E-state index in [2.05, 4.69) is 5.32 Å². The Morgan fingerprint density at radius 3 is 2.60 bits per heavy atom. The smallest absolute Gasteiger partial charge is 0.224 e. The molecule has 2 aromatic carbocycles. The van der Waals surface area contributed by atoms with Crippen LogP contribution in [0.2, 0.25) is 0 Å². The molecule has 0 aliphatic carbocycles. The van der Waals surface area contributed by atoms with Crippen molar-refractivity contribution in [3.63, 3.8) is 0 Å². The second kappa shape index (κ2) is 6.70. The number of hydrogen-bond acceptors (Lipinski definition) is 2. The molecule has 0 saturated carbocycles. The van der Waals surface area contributed by atoms with Crippen LogP contribution in [0.5, 0.6) is 5.75 Å². The lowest BCUT2D eigenvalue weighted by Crippen LogP contribution is -2.24. The summed E-state index contributed by atoms with van der Waals surface area (Å²) >= 11 is 0. The molecule has 0 spiro atoms.